The molecule has 1 heterocycles. The summed E-state index contributed by atoms with van der Waals surface area (Å²) in [6.07, 6.45) is 0.715. The zero-order valence-corrected chi connectivity index (χ0v) is 19.6. The number of aryl methyl sites for hydroxylation is 1. The first kappa shape index (κ1) is 23.0. The van der Waals surface area contributed by atoms with E-state index in [0.717, 1.165) is 16.5 Å². The number of nitrogens with zero attached hydrogens (tertiary/aromatic N) is 2. The number of carbonyl (C=O) groups is 1. The first-order valence-electron chi connectivity index (χ1n) is 10.6. The van der Waals surface area contributed by atoms with Crippen LogP contribution in [0.25, 0.3) is 10.8 Å². The van der Waals surface area contributed by atoms with Crippen molar-refractivity contribution in [3.8, 4) is 0 Å². The van der Waals surface area contributed by atoms with Gasteiger partial charge in [-0.1, -0.05) is 65.7 Å². The fourth-order valence-corrected chi connectivity index (χ4v) is 4.14. The van der Waals surface area contributed by atoms with Crippen LogP contribution in [0.1, 0.15) is 22.7 Å². The maximum Gasteiger partial charge on any atom is 0.275 e. The molecule has 1 amide bonds. The lowest BCUT2D eigenvalue weighted by Crippen LogP contribution is -2.36. The number of benzene rings is 3. The van der Waals surface area contributed by atoms with E-state index in [-0.39, 0.29) is 23.9 Å². The molecule has 0 saturated carbocycles. The van der Waals surface area contributed by atoms with Gasteiger partial charge in [-0.25, -0.2) is 4.68 Å². The third kappa shape index (κ3) is 5.62. The monoisotopic (exact) mass is 479 g/mol. The second kappa shape index (κ2) is 10.2. The predicted octanol–water partition coefficient (Wildman–Crippen LogP) is 5.15. The van der Waals surface area contributed by atoms with E-state index in [1.165, 1.54) is 4.68 Å². The molecule has 0 radical (unpaired) electrons. The summed E-state index contributed by atoms with van der Waals surface area (Å²) in [4.78, 5) is 25.5. The predicted molar refractivity (Wildman–Crippen MR) is 133 cm³/mol. The minimum Gasteiger partial charge on any atom is -0.354 e. The molecule has 4 rings (SSSR count). The molecule has 0 bridgehead atoms. The highest BCUT2D eigenvalue weighted by Crippen LogP contribution is 2.23. The van der Waals surface area contributed by atoms with E-state index in [9.17, 15) is 9.59 Å². The Kier molecular flexibility index (Phi) is 7.11. The molecule has 1 N–H and O–H groups in total. The molecule has 0 unspecified atom stereocenters. The van der Waals surface area contributed by atoms with Crippen LogP contribution in [-0.4, -0.2) is 22.2 Å². The summed E-state index contributed by atoms with van der Waals surface area (Å²) in [6, 6.07) is 22.6. The van der Waals surface area contributed by atoms with Crippen LogP contribution in [0.2, 0.25) is 10.0 Å². The molecular weight excluding hydrogens is 457 g/mol. The molecule has 7 heteroatoms. The Balaban J connectivity index is 1.50. The van der Waals surface area contributed by atoms with Gasteiger partial charge in [0.2, 0.25) is 5.91 Å². The summed E-state index contributed by atoms with van der Waals surface area (Å²) in [5.74, 6) is -0.246. The molecule has 33 heavy (non-hydrogen) atoms. The Morgan fingerprint density at radius 3 is 2.21 bits per heavy atom. The minimum atomic E-state index is -0.276. The number of carbonyl (C=O) groups excluding carboxylic acids is 1. The Morgan fingerprint density at radius 1 is 0.939 bits per heavy atom. The van der Waals surface area contributed by atoms with Gasteiger partial charge in [-0.05, 0) is 54.8 Å². The van der Waals surface area contributed by atoms with Crippen molar-refractivity contribution in [2.75, 3.05) is 6.54 Å². The molecule has 0 fully saturated rings. The minimum absolute atomic E-state index is 0.0235. The van der Waals surface area contributed by atoms with E-state index in [1.54, 1.807) is 12.1 Å². The summed E-state index contributed by atoms with van der Waals surface area (Å²) in [7, 11) is 0. The van der Waals surface area contributed by atoms with E-state index >= 15 is 0 Å². The number of aromatic nitrogens is 2. The lowest BCUT2D eigenvalue weighted by molar-refractivity contribution is -0.122. The molecule has 1 aromatic heterocycles. The van der Waals surface area contributed by atoms with Gasteiger partial charge in [0.25, 0.3) is 5.56 Å². The molecule has 0 aliphatic rings. The van der Waals surface area contributed by atoms with E-state index in [4.69, 9.17) is 23.2 Å². The van der Waals surface area contributed by atoms with E-state index in [1.807, 2.05) is 67.6 Å². The topological polar surface area (TPSA) is 64.0 Å². The van der Waals surface area contributed by atoms with Crippen LogP contribution >= 0.6 is 23.2 Å². The van der Waals surface area contributed by atoms with Crippen molar-refractivity contribution in [3.63, 3.8) is 0 Å². The second-order valence-corrected chi connectivity index (χ2v) is 8.85. The van der Waals surface area contributed by atoms with Gasteiger partial charge >= 0.3 is 0 Å². The fraction of sp³-hybridized carbons (Fsp3) is 0.192. The number of amides is 1. The standard InChI is InChI=1S/C26H23Cl2N3O2/c1-17-23-4-2-3-5-24(23)26(33)31(30-17)16-25(32)29-15-20(19-8-12-22(28)13-9-19)14-18-6-10-21(27)11-7-18/h2-13,20H,14-16H2,1H3,(H,29,32)/t20-/m0/s1. The van der Waals surface area contributed by atoms with Crippen LogP contribution in [0.3, 0.4) is 0 Å². The highest BCUT2D eigenvalue weighted by atomic mass is 35.5. The van der Waals surface area contributed by atoms with Gasteiger partial charge in [-0.15, -0.1) is 0 Å². The molecule has 0 aliphatic carbocycles. The van der Waals surface area contributed by atoms with Crippen molar-refractivity contribution in [2.45, 2.75) is 25.8 Å². The van der Waals surface area contributed by atoms with Crippen molar-refractivity contribution in [1.82, 2.24) is 15.1 Å². The van der Waals surface area contributed by atoms with Crippen LogP contribution in [0.4, 0.5) is 0 Å². The Labute approximate surface area is 202 Å². The largest absolute Gasteiger partial charge is 0.354 e. The van der Waals surface area contributed by atoms with Gasteiger partial charge < -0.3 is 5.32 Å². The van der Waals surface area contributed by atoms with Crippen molar-refractivity contribution in [3.05, 3.63) is 110 Å². The number of hydrogen-bond donors (Lipinski definition) is 1. The molecule has 0 spiro atoms. The lowest BCUT2D eigenvalue weighted by Gasteiger charge is -2.19. The van der Waals surface area contributed by atoms with Crippen LogP contribution in [0.15, 0.2) is 77.6 Å². The van der Waals surface area contributed by atoms with Gasteiger partial charge in [0.15, 0.2) is 0 Å². The fourth-order valence-electron chi connectivity index (χ4n) is 3.89. The summed E-state index contributed by atoms with van der Waals surface area (Å²) in [5.41, 5.74) is 2.60. The molecule has 0 aliphatic heterocycles. The summed E-state index contributed by atoms with van der Waals surface area (Å²) in [6.45, 7) is 2.10. The number of rotatable bonds is 7. The third-order valence-electron chi connectivity index (χ3n) is 5.63. The van der Waals surface area contributed by atoms with Crippen molar-refractivity contribution < 1.29 is 4.79 Å². The van der Waals surface area contributed by atoms with E-state index in [2.05, 4.69) is 10.4 Å². The van der Waals surface area contributed by atoms with Gasteiger partial charge in [-0.2, -0.15) is 5.10 Å². The van der Waals surface area contributed by atoms with Gasteiger partial charge in [0.05, 0.1) is 11.1 Å². The molecule has 0 saturated heterocycles. The highest BCUT2D eigenvalue weighted by molar-refractivity contribution is 6.30. The van der Waals surface area contributed by atoms with Gasteiger partial charge in [-0.3, -0.25) is 9.59 Å². The number of halogens is 2. The highest BCUT2D eigenvalue weighted by Gasteiger charge is 2.16. The maximum atomic E-state index is 12.8. The first-order valence-corrected chi connectivity index (χ1v) is 11.4. The van der Waals surface area contributed by atoms with Crippen LogP contribution < -0.4 is 10.9 Å². The van der Waals surface area contributed by atoms with E-state index < -0.39 is 0 Å². The summed E-state index contributed by atoms with van der Waals surface area (Å²) in [5, 5.41) is 9.99. The first-order chi connectivity index (χ1) is 15.9. The SMILES string of the molecule is Cc1nn(CC(=O)NC[C@H](Cc2ccc(Cl)cc2)c2ccc(Cl)cc2)c(=O)c2ccccc12. The van der Waals surface area contributed by atoms with Crippen molar-refractivity contribution in [2.24, 2.45) is 0 Å². The van der Waals surface area contributed by atoms with E-state index in [0.29, 0.717) is 34.1 Å². The smallest absolute Gasteiger partial charge is 0.275 e. The summed E-state index contributed by atoms with van der Waals surface area (Å²) >= 11 is 12.1. The second-order valence-electron chi connectivity index (χ2n) is 7.98. The quantitative estimate of drug-likeness (QED) is 0.398. The number of nitrogens with one attached hydrogen (secondary N) is 1. The third-order valence-corrected chi connectivity index (χ3v) is 6.13. The zero-order valence-electron chi connectivity index (χ0n) is 18.1. The zero-order chi connectivity index (χ0) is 23.4. The average Bonchev–Trinajstić information content (AvgIpc) is 2.82. The van der Waals surface area contributed by atoms with Crippen LogP contribution in [0, 0.1) is 6.92 Å². The average molecular weight is 480 g/mol. The normalized spacial score (nSPS) is 12.0. The molecular formula is C26H23Cl2N3O2. The molecule has 1 atom stereocenters. The van der Waals surface area contributed by atoms with Gasteiger partial charge in [0.1, 0.15) is 6.54 Å². The summed E-state index contributed by atoms with van der Waals surface area (Å²) < 4.78 is 1.23. The van der Waals surface area contributed by atoms with Crippen LogP contribution in [0.5, 0.6) is 0 Å². The number of hydrogen-bond acceptors (Lipinski definition) is 3. The maximum absolute atomic E-state index is 12.8. The van der Waals surface area contributed by atoms with Crippen molar-refractivity contribution in [1.29, 1.82) is 0 Å². The molecule has 4 aromatic rings. The lowest BCUT2D eigenvalue weighted by atomic mass is 9.92. The Bertz CT molecular complexity index is 1330. The molecule has 3 aromatic carbocycles. The van der Waals surface area contributed by atoms with Crippen LogP contribution in [-0.2, 0) is 17.8 Å². The van der Waals surface area contributed by atoms with Gasteiger partial charge in [0, 0.05) is 27.9 Å². The number of fused-ring (bicyclic) bond motifs is 1. The Morgan fingerprint density at radius 2 is 1.55 bits per heavy atom. The van der Waals surface area contributed by atoms with Crippen molar-refractivity contribution >= 4 is 39.9 Å². The molecule has 168 valence electrons. The molecule has 5 nitrogen and oxygen atoms in total. The Hall–Kier alpha value is -3.15.